The number of sulfonamides is 1. The minimum Gasteiger partial charge on any atom is -0.408 e. The Morgan fingerprint density at radius 2 is 1.67 bits per heavy atom. The number of nitrogens with one attached hydrogen (secondary N) is 1. The SMILES string of the molecule is Cc1cc(C)c(NS(=O)(=O)c2ccc3oc(=O)n(C)c3c2)c(C)c1. The molecule has 0 aliphatic carbocycles. The lowest BCUT2D eigenvalue weighted by Gasteiger charge is -2.14. The first-order chi connectivity index (χ1) is 11.2. The van der Waals surface area contributed by atoms with Gasteiger partial charge in [0.1, 0.15) is 0 Å². The molecule has 6 nitrogen and oxygen atoms in total. The molecular formula is C17H18N2O4S. The van der Waals surface area contributed by atoms with Crippen molar-refractivity contribution in [1.82, 2.24) is 4.57 Å². The predicted molar refractivity (Wildman–Crippen MR) is 92.9 cm³/mol. The number of nitrogens with zero attached hydrogens (tertiary/aromatic N) is 1. The van der Waals surface area contributed by atoms with Crippen molar-refractivity contribution in [2.45, 2.75) is 25.7 Å². The molecule has 0 fully saturated rings. The van der Waals surface area contributed by atoms with E-state index in [1.165, 1.54) is 29.8 Å². The highest BCUT2D eigenvalue weighted by Crippen LogP contribution is 2.26. The lowest BCUT2D eigenvalue weighted by Crippen LogP contribution is -2.15. The van der Waals surface area contributed by atoms with Crippen molar-refractivity contribution in [3.63, 3.8) is 0 Å². The first-order valence-corrected chi connectivity index (χ1v) is 8.87. The van der Waals surface area contributed by atoms with Gasteiger partial charge in [0.15, 0.2) is 5.58 Å². The highest BCUT2D eigenvalue weighted by atomic mass is 32.2. The molecule has 0 amide bonds. The van der Waals surface area contributed by atoms with E-state index in [-0.39, 0.29) is 4.90 Å². The van der Waals surface area contributed by atoms with Crippen LogP contribution in [0.15, 0.2) is 44.4 Å². The average Bonchev–Trinajstić information content (AvgIpc) is 2.78. The fourth-order valence-corrected chi connectivity index (χ4v) is 4.03. The van der Waals surface area contributed by atoms with E-state index < -0.39 is 15.8 Å². The van der Waals surface area contributed by atoms with E-state index in [2.05, 4.69) is 4.72 Å². The molecule has 0 aliphatic heterocycles. The third-order valence-electron chi connectivity index (χ3n) is 3.99. The highest BCUT2D eigenvalue weighted by molar-refractivity contribution is 7.92. The number of hydrogen-bond acceptors (Lipinski definition) is 4. The van der Waals surface area contributed by atoms with Crippen LogP contribution in [0.4, 0.5) is 5.69 Å². The second-order valence-corrected chi connectivity index (χ2v) is 7.62. The first kappa shape index (κ1) is 16.3. The molecule has 0 radical (unpaired) electrons. The summed E-state index contributed by atoms with van der Waals surface area (Å²) in [4.78, 5) is 11.6. The Kier molecular flexibility index (Phi) is 3.76. The van der Waals surface area contributed by atoms with Crippen LogP contribution in [0.2, 0.25) is 0 Å². The summed E-state index contributed by atoms with van der Waals surface area (Å²) in [5.41, 5.74) is 4.13. The van der Waals surface area contributed by atoms with Crippen molar-refractivity contribution < 1.29 is 12.8 Å². The number of oxazole rings is 1. The maximum atomic E-state index is 12.7. The van der Waals surface area contributed by atoms with Crippen LogP contribution in [0.1, 0.15) is 16.7 Å². The van der Waals surface area contributed by atoms with Crippen LogP contribution in [0.5, 0.6) is 0 Å². The van der Waals surface area contributed by atoms with Crippen molar-refractivity contribution in [2.75, 3.05) is 4.72 Å². The maximum Gasteiger partial charge on any atom is 0.419 e. The lowest BCUT2D eigenvalue weighted by molar-refractivity contribution is 0.528. The molecule has 1 N–H and O–H groups in total. The normalized spacial score (nSPS) is 11.8. The average molecular weight is 346 g/mol. The molecule has 1 heterocycles. The molecule has 3 aromatic rings. The second kappa shape index (κ2) is 5.52. The Balaban J connectivity index is 2.08. The Bertz CT molecular complexity index is 1080. The molecule has 1 aromatic heterocycles. The molecule has 0 spiro atoms. The summed E-state index contributed by atoms with van der Waals surface area (Å²) in [5.74, 6) is -0.530. The van der Waals surface area contributed by atoms with Gasteiger partial charge in [0.25, 0.3) is 10.0 Å². The summed E-state index contributed by atoms with van der Waals surface area (Å²) in [7, 11) is -2.24. The Hall–Kier alpha value is -2.54. The van der Waals surface area contributed by atoms with Gasteiger partial charge in [0.05, 0.1) is 16.1 Å². The van der Waals surface area contributed by atoms with Gasteiger partial charge >= 0.3 is 5.76 Å². The van der Waals surface area contributed by atoms with Gasteiger partial charge in [-0.25, -0.2) is 13.2 Å². The van der Waals surface area contributed by atoms with Crippen molar-refractivity contribution in [3.05, 3.63) is 57.6 Å². The minimum atomic E-state index is -3.78. The molecule has 0 unspecified atom stereocenters. The van der Waals surface area contributed by atoms with E-state index >= 15 is 0 Å². The summed E-state index contributed by atoms with van der Waals surface area (Å²) in [5, 5.41) is 0. The predicted octanol–water partition coefficient (Wildman–Crippen LogP) is 2.86. The molecule has 2 aromatic carbocycles. The third kappa shape index (κ3) is 2.71. The number of aromatic nitrogens is 1. The fraction of sp³-hybridized carbons (Fsp3) is 0.235. The fourth-order valence-electron chi connectivity index (χ4n) is 2.81. The zero-order chi connectivity index (χ0) is 17.6. The Labute approximate surface area is 139 Å². The molecule has 0 aliphatic rings. The molecule has 0 atom stereocenters. The first-order valence-electron chi connectivity index (χ1n) is 7.39. The topological polar surface area (TPSA) is 81.3 Å². The zero-order valence-corrected chi connectivity index (χ0v) is 14.7. The number of aryl methyl sites for hydroxylation is 4. The summed E-state index contributed by atoms with van der Waals surface area (Å²) in [6, 6.07) is 8.19. The number of anilines is 1. The summed E-state index contributed by atoms with van der Waals surface area (Å²) >= 11 is 0. The van der Waals surface area contributed by atoms with Crippen LogP contribution >= 0.6 is 0 Å². The standard InChI is InChI=1S/C17H18N2O4S/c1-10-7-11(2)16(12(3)8-10)18-24(21,22)13-5-6-15-14(9-13)19(4)17(20)23-15/h5-9,18H,1-4H3. The van der Waals surface area contributed by atoms with Crippen LogP contribution in [-0.4, -0.2) is 13.0 Å². The third-order valence-corrected chi connectivity index (χ3v) is 5.33. The van der Waals surface area contributed by atoms with Gasteiger partial charge in [-0.1, -0.05) is 17.7 Å². The molecule has 126 valence electrons. The van der Waals surface area contributed by atoms with Gasteiger partial charge in [-0.15, -0.1) is 0 Å². The molecular weight excluding hydrogens is 328 g/mol. The Morgan fingerprint density at radius 3 is 2.29 bits per heavy atom. The van der Waals surface area contributed by atoms with Crippen LogP contribution in [0.3, 0.4) is 0 Å². The van der Waals surface area contributed by atoms with Crippen LogP contribution in [-0.2, 0) is 17.1 Å². The van der Waals surface area contributed by atoms with Gasteiger partial charge in [-0.2, -0.15) is 0 Å². The Morgan fingerprint density at radius 1 is 1.04 bits per heavy atom. The van der Waals surface area contributed by atoms with E-state index in [1.54, 1.807) is 0 Å². The maximum absolute atomic E-state index is 12.7. The number of benzene rings is 2. The molecule has 0 saturated heterocycles. The minimum absolute atomic E-state index is 0.0748. The van der Waals surface area contributed by atoms with Crippen LogP contribution < -0.4 is 10.5 Å². The molecule has 0 saturated carbocycles. The molecule has 7 heteroatoms. The number of fused-ring (bicyclic) bond motifs is 1. The van der Waals surface area contributed by atoms with E-state index in [4.69, 9.17) is 4.42 Å². The van der Waals surface area contributed by atoms with E-state index in [1.807, 2.05) is 32.9 Å². The largest absolute Gasteiger partial charge is 0.419 e. The monoisotopic (exact) mass is 346 g/mol. The smallest absolute Gasteiger partial charge is 0.408 e. The van der Waals surface area contributed by atoms with Crippen molar-refractivity contribution >= 4 is 26.8 Å². The van der Waals surface area contributed by atoms with E-state index in [0.29, 0.717) is 16.8 Å². The second-order valence-electron chi connectivity index (χ2n) is 5.94. The van der Waals surface area contributed by atoms with E-state index in [0.717, 1.165) is 16.7 Å². The lowest BCUT2D eigenvalue weighted by atomic mass is 10.1. The van der Waals surface area contributed by atoms with Crippen LogP contribution in [0.25, 0.3) is 11.1 Å². The summed E-state index contributed by atoms with van der Waals surface area (Å²) in [6.07, 6.45) is 0. The number of hydrogen-bond donors (Lipinski definition) is 1. The van der Waals surface area contributed by atoms with Crippen molar-refractivity contribution in [1.29, 1.82) is 0 Å². The van der Waals surface area contributed by atoms with Crippen LogP contribution in [0, 0.1) is 20.8 Å². The highest BCUT2D eigenvalue weighted by Gasteiger charge is 2.19. The van der Waals surface area contributed by atoms with E-state index in [9.17, 15) is 13.2 Å². The summed E-state index contributed by atoms with van der Waals surface area (Å²) in [6.45, 7) is 5.69. The van der Waals surface area contributed by atoms with Gasteiger partial charge in [-0.05, 0) is 50.1 Å². The van der Waals surface area contributed by atoms with Gasteiger partial charge < -0.3 is 4.42 Å². The summed E-state index contributed by atoms with van der Waals surface area (Å²) < 4.78 is 34.4. The van der Waals surface area contributed by atoms with Gasteiger partial charge in [0, 0.05) is 7.05 Å². The molecule has 24 heavy (non-hydrogen) atoms. The molecule has 0 bridgehead atoms. The van der Waals surface area contributed by atoms with Gasteiger partial charge in [-0.3, -0.25) is 9.29 Å². The van der Waals surface area contributed by atoms with Crippen molar-refractivity contribution in [2.24, 2.45) is 7.05 Å². The number of rotatable bonds is 3. The zero-order valence-electron chi connectivity index (χ0n) is 13.9. The van der Waals surface area contributed by atoms with Gasteiger partial charge in [0.2, 0.25) is 0 Å². The van der Waals surface area contributed by atoms with Crippen molar-refractivity contribution in [3.8, 4) is 0 Å². The quantitative estimate of drug-likeness (QED) is 0.791. The molecule has 3 rings (SSSR count).